The first kappa shape index (κ1) is 32.0. The van der Waals surface area contributed by atoms with Crippen LogP contribution in [-0.2, 0) is 22.6 Å². The van der Waals surface area contributed by atoms with Gasteiger partial charge in [0.2, 0.25) is 5.91 Å². The average Bonchev–Trinajstić information content (AvgIpc) is 3.26. The van der Waals surface area contributed by atoms with Gasteiger partial charge in [0.1, 0.15) is 12.4 Å². The van der Waals surface area contributed by atoms with Crippen molar-refractivity contribution in [3.05, 3.63) is 75.9 Å². The van der Waals surface area contributed by atoms with Crippen molar-refractivity contribution in [3.63, 3.8) is 0 Å². The number of nitrogens with zero attached hydrogens (tertiary/aromatic N) is 3. The molecule has 0 radical (unpaired) electrons. The maximum atomic E-state index is 13.4. The summed E-state index contributed by atoms with van der Waals surface area (Å²) in [6.07, 6.45) is -10.2. The fraction of sp³-hybridized carbons (Fsp3) is 0.393. The zero-order valence-corrected chi connectivity index (χ0v) is 23.7. The van der Waals surface area contributed by atoms with Crippen LogP contribution in [0.2, 0.25) is 5.02 Å². The van der Waals surface area contributed by atoms with E-state index in [0.29, 0.717) is 28.5 Å². The molecular weight excluding hydrogens is 574 g/mol. The Bertz CT molecular complexity index is 1370. The Morgan fingerprint density at radius 1 is 0.927 bits per heavy atom. The third-order valence-corrected chi connectivity index (χ3v) is 6.11. The minimum Gasteiger partial charge on any atom is -0.329 e. The van der Waals surface area contributed by atoms with Crippen molar-refractivity contribution in [3.8, 4) is 5.69 Å². The number of alkyl halides is 6. The van der Waals surface area contributed by atoms with Gasteiger partial charge in [0, 0.05) is 28.6 Å². The molecule has 1 aromatic heterocycles. The Morgan fingerprint density at radius 2 is 1.46 bits per heavy atom. The maximum absolute atomic E-state index is 13.4. The summed E-state index contributed by atoms with van der Waals surface area (Å²) in [5.41, 5.74) is -3.28. The predicted molar refractivity (Wildman–Crippen MR) is 143 cm³/mol. The van der Waals surface area contributed by atoms with Crippen LogP contribution in [0.25, 0.3) is 5.69 Å². The van der Waals surface area contributed by atoms with Crippen LogP contribution in [0.5, 0.6) is 0 Å². The second-order valence-electron chi connectivity index (χ2n) is 11.0. The molecule has 2 amide bonds. The SMILES string of the molecule is CC(C)CN(CC(=O)Nc1cc(C(C)(C)C)nn1-c1ccc(Cl)cc1)C(=O)c1cc(C(F)(F)F)cc(C(F)(F)F)c1. The Hall–Kier alpha value is -3.54. The van der Waals surface area contributed by atoms with Gasteiger partial charge < -0.3 is 10.2 Å². The molecule has 222 valence electrons. The molecule has 1 heterocycles. The van der Waals surface area contributed by atoms with Gasteiger partial charge in [-0.3, -0.25) is 9.59 Å². The third kappa shape index (κ3) is 8.25. The van der Waals surface area contributed by atoms with E-state index in [-0.39, 0.29) is 24.3 Å². The third-order valence-electron chi connectivity index (χ3n) is 5.86. The molecule has 2 aromatic carbocycles. The van der Waals surface area contributed by atoms with E-state index in [1.165, 1.54) is 4.68 Å². The molecule has 0 fully saturated rings. The van der Waals surface area contributed by atoms with Crippen molar-refractivity contribution in [1.29, 1.82) is 0 Å². The lowest BCUT2D eigenvalue weighted by atomic mass is 9.92. The quantitative estimate of drug-likeness (QED) is 0.283. The van der Waals surface area contributed by atoms with Crippen LogP contribution >= 0.6 is 11.6 Å². The first-order valence-electron chi connectivity index (χ1n) is 12.5. The van der Waals surface area contributed by atoms with E-state index in [9.17, 15) is 35.9 Å². The first-order valence-corrected chi connectivity index (χ1v) is 12.9. The number of carbonyl (C=O) groups excluding carboxylic acids is 2. The van der Waals surface area contributed by atoms with E-state index in [1.807, 2.05) is 20.8 Å². The van der Waals surface area contributed by atoms with Crippen LogP contribution in [-0.4, -0.2) is 39.6 Å². The predicted octanol–water partition coefficient (Wildman–Crippen LogP) is 7.60. The molecule has 41 heavy (non-hydrogen) atoms. The van der Waals surface area contributed by atoms with Gasteiger partial charge in [-0.1, -0.05) is 46.2 Å². The molecule has 0 unspecified atom stereocenters. The first-order chi connectivity index (χ1) is 18.8. The van der Waals surface area contributed by atoms with Crippen molar-refractivity contribution in [2.75, 3.05) is 18.4 Å². The molecule has 0 saturated carbocycles. The van der Waals surface area contributed by atoms with Gasteiger partial charge in [-0.15, -0.1) is 0 Å². The number of nitrogens with one attached hydrogen (secondary N) is 1. The summed E-state index contributed by atoms with van der Waals surface area (Å²) in [5, 5.41) is 7.73. The Kier molecular flexibility index (Phi) is 9.17. The molecule has 6 nitrogen and oxygen atoms in total. The number of aromatic nitrogens is 2. The fourth-order valence-corrected chi connectivity index (χ4v) is 4.02. The highest BCUT2D eigenvalue weighted by Gasteiger charge is 2.38. The monoisotopic (exact) mass is 602 g/mol. The van der Waals surface area contributed by atoms with Crippen LogP contribution in [0, 0.1) is 5.92 Å². The fourth-order valence-electron chi connectivity index (χ4n) is 3.89. The number of halogens is 7. The number of rotatable bonds is 7. The molecule has 0 spiro atoms. The molecule has 3 rings (SSSR count). The molecule has 13 heteroatoms. The van der Waals surface area contributed by atoms with E-state index >= 15 is 0 Å². The molecular formula is C28H29ClF6N4O2. The van der Waals surface area contributed by atoms with Crippen molar-refractivity contribution in [2.24, 2.45) is 5.92 Å². The molecule has 1 N–H and O–H groups in total. The second kappa shape index (κ2) is 11.8. The summed E-state index contributed by atoms with van der Waals surface area (Å²) in [4.78, 5) is 27.3. The van der Waals surface area contributed by atoms with E-state index in [0.717, 1.165) is 4.90 Å². The number of hydrogen-bond acceptors (Lipinski definition) is 3. The van der Waals surface area contributed by atoms with Gasteiger partial charge in [-0.05, 0) is 48.4 Å². The van der Waals surface area contributed by atoms with Gasteiger partial charge >= 0.3 is 12.4 Å². The van der Waals surface area contributed by atoms with E-state index < -0.39 is 52.8 Å². The van der Waals surface area contributed by atoms with E-state index in [4.69, 9.17) is 11.6 Å². The van der Waals surface area contributed by atoms with Crippen molar-refractivity contribution >= 4 is 29.2 Å². The molecule has 0 bridgehead atoms. The average molecular weight is 603 g/mol. The van der Waals surface area contributed by atoms with Crippen molar-refractivity contribution < 1.29 is 35.9 Å². The highest BCUT2D eigenvalue weighted by atomic mass is 35.5. The lowest BCUT2D eigenvalue weighted by Gasteiger charge is -2.25. The van der Waals surface area contributed by atoms with Crippen molar-refractivity contribution in [2.45, 2.75) is 52.4 Å². The largest absolute Gasteiger partial charge is 0.416 e. The molecule has 0 aliphatic rings. The van der Waals surface area contributed by atoms with Crippen LogP contribution in [0.1, 0.15) is 61.8 Å². The van der Waals surface area contributed by atoms with Gasteiger partial charge in [0.15, 0.2) is 0 Å². The van der Waals surface area contributed by atoms with E-state index in [2.05, 4.69) is 10.4 Å². The molecule has 0 saturated heterocycles. The zero-order valence-electron chi connectivity index (χ0n) is 22.9. The lowest BCUT2D eigenvalue weighted by Crippen LogP contribution is -2.40. The normalized spacial score (nSPS) is 12.5. The summed E-state index contributed by atoms with van der Waals surface area (Å²) in [5.74, 6) is -1.88. The van der Waals surface area contributed by atoms with Gasteiger partial charge in [0.05, 0.1) is 22.5 Å². The number of amides is 2. The smallest absolute Gasteiger partial charge is 0.329 e. The Labute approximate surface area is 238 Å². The number of anilines is 1. The highest BCUT2D eigenvalue weighted by Crippen LogP contribution is 2.36. The molecule has 0 aliphatic carbocycles. The van der Waals surface area contributed by atoms with Crippen molar-refractivity contribution in [1.82, 2.24) is 14.7 Å². The number of benzene rings is 2. The molecule has 0 aliphatic heterocycles. The van der Waals surface area contributed by atoms with Crippen LogP contribution in [0.15, 0.2) is 48.5 Å². The topological polar surface area (TPSA) is 67.2 Å². The highest BCUT2D eigenvalue weighted by molar-refractivity contribution is 6.30. The van der Waals surface area contributed by atoms with E-state index in [1.54, 1.807) is 44.2 Å². The Morgan fingerprint density at radius 3 is 1.93 bits per heavy atom. The number of carbonyl (C=O) groups is 2. The van der Waals surface area contributed by atoms with Gasteiger partial charge in [-0.2, -0.15) is 31.4 Å². The Balaban J connectivity index is 1.96. The summed E-state index contributed by atoms with van der Waals surface area (Å²) in [7, 11) is 0. The maximum Gasteiger partial charge on any atom is 0.416 e. The van der Waals surface area contributed by atoms with Gasteiger partial charge in [-0.25, -0.2) is 4.68 Å². The van der Waals surface area contributed by atoms with Gasteiger partial charge in [0.25, 0.3) is 5.91 Å². The number of hydrogen-bond donors (Lipinski definition) is 1. The summed E-state index contributed by atoms with van der Waals surface area (Å²) in [6.45, 7) is 8.40. The minimum absolute atomic E-state index is 0.0546. The zero-order chi connectivity index (χ0) is 30.9. The lowest BCUT2D eigenvalue weighted by molar-refractivity contribution is -0.143. The van der Waals surface area contributed by atoms with Crippen LogP contribution < -0.4 is 5.32 Å². The molecule has 3 aromatic rings. The summed E-state index contributed by atoms with van der Waals surface area (Å²) < 4.78 is 81.7. The summed E-state index contributed by atoms with van der Waals surface area (Å²) in [6, 6.07) is 8.92. The standard InChI is InChI=1S/C28H29ClF6N4O2/c1-16(2)14-38(25(41)17-10-18(27(30,31)32)12-19(11-17)28(33,34)35)15-24(40)36-23-13-22(26(3,4)5)37-39(23)21-8-6-20(29)7-9-21/h6-13,16H,14-15H2,1-5H3,(H,36,40). The second-order valence-corrected chi connectivity index (χ2v) is 11.4. The summed E-state index contributed by atoms with van der Waals surface area (Å²) >= 11 is 5.99. The molecule has 0 atom stereocenters. The van der Waals surface area contributed by atoms with Crippen LogP contribution in [0.3, 0.4) is 0 Å². The van der Waals surface area contributed by atoms with Crippen LogP contribution in [0.4, 0.5) is 32.2 Å². The minimum atomic E-state index is -5.12.